The number of aromatic nitrogens is 3. The Hall–Kier alpha value is -0.640. The highest BCUT2D eigenvalue weighted by molar-refractivity contribution is 7.71. The Labute approximate surface area is 76.8 Å². The van der Waals surface area contributed by atoms with Crippen LogP contribution in [0.2, 0.25) is 0 Å². The summed E-state index contributed by atoms with van der Waals surface area (Å²) in [7, 11) is 0. The highest BCUT2D eigenvalue weighted by Gasteiger charge is 2.20. The first-order valence-corrected chi connectivity index (χ1v) is 4.80. The molecular weight excluding hydrogens is 170 g/mol. The minimum Gasteiger partial charge on any atom is -0.304 e. The van der Waals surface area contributed by atoms with Gasteiger partial charge < -0.3 is 4.57 Å². The average Bonchev–Trinajstić information content (AvgIpc) is 2.80. The lowest BCUT2D eigenvalue weighted by molar-refractivity contribution is 0.579. The van der Waals surface area contributed by atoms with Crippen molar-refractivity contribution in [1.29, 1.82) is 0 Å². The maximum Gasteiger partial charge on any atom is 0.195 e. The molecule has 0 saturated heterocycles. The van der Waals surface area contributed by atoms with Crippen LogP contribution in [0.1, 0.15) is 25.1 Å². The topological polar surface area (TPSA) is 33.6 Å². The summed E-state index contributed by atoms with van der Waals surface area (Å²) in [5.41, 5.74) is 0. The van der Waals surface area contributed by atoms with Gasteiger partial charge in [0.25, 0.3) is 0 Å². The van der Waals surface area contributed by atoms with Crippen LogP contribution in [0.3, 0.4) is 0 Å². The van der Waals surface area contributed by atoms with E-state index in [1.165, 1.54) is 19.3 Å². The molecule has 0 amide bonds. The van der Waals surface area contributed by atoms with Crippen molar-refractivity contribution in [3.63, 3.8) is 0 Å². The zero-order valence-corrected chi connectivity index (χ0v) is 8.02. The van der Waals surface area contributed by atoms with Gasteiger partial charge >= 0.3 is 0 Å². The summed E-state index contributed by atoms with van der Waals surface area (Å²) in [6.07, 6.45) is 4.07. The third-order valence-corrected chi connectivity index (χ3v) is 2.72. The van der Waals surface area contributed by atoms with E-state index in [2.05, 4.69) is 14.8 Å². The molecule has 3 nitrogen and oxygen atoms in total. The zero-order valence-electron chi connectivity index (χ0n) is 7.21. The summed E-state index contributed by atoms with van der Waals surface area (Å²) in [5.74, 6) is 1.96. The third-order valence-electron chi connectivity index (χ3n) is 2.41. The van der Waals surface area contributed by atoms with Gasteiger partial charge in [0.15, 0.2) is 4.77 Å². The molecule has 66 valence electrons. The van der Waals surface area contributed by atoms with E-state index >= 15 is 0 Å². The van der Waals surface area contributed by atoms with Gasteiger partial charge in [-0.3, -0.25) is 5.10 Å². The third kappa shape index (κ3) is 1.58. The number of nitrogens with one attached hydrogen (secondary N) is 1. The Morgan fingerprint density at radius 3 is 2.92 bits per heavy atom. The number of aromatic amines is 1. The second-order valence-electron chi connectivity index (χ2n) is 3.46. The number of H-pyrrole nitrogens is 1. The number of aryl methyl sites for hydroxylation is 1. The number of hydrogen-bond donors (Lipinski definition) is 1. The van der Waals surface area contributed by atoms with Crippen LogP contribution in [0.5, 0.6) is 0 Å². The maximum absolute atomic E-state index is 5.09. The first kappa shape index (κ1) is 7.98. The zero-order chi connectivity index (χ0) is 8.55. The second kappa shape index (κ2) is 3.01. The van der Waals surface area contributed by atoms with Gasteiger partial charge in [0.05, 0.1) is 0 Å². The predicted molar refractivity (Wildman–Crippen MR) is 49.5 cm³/mol. The van der Waals surface area contributed by atoms with Gasteiger partial charge in [-0.2, -0.15) is 5.10 Å². The minimum atomic E-state index is 0.758. The van der Waals surface area contributed by atoms with Crippen molar-refractivity contribution in [1.82, 2.24) is 14.8 Å². The van der Waals surface area contributed by atoms with Crippen LogP contribution >= 0.6 is 12.2 Å². The van der Waals surface area contributed by atoms with E-state index in [1.54, 1.807) is 0 Å². The van der Waals surface area contributed by atoms with Crippen molar-refractivity contribution in [2.75, 3.05) is 0 Å². The van der Waals surface area contributed by atoms with Gasteiger partial charge in [-0.25, -0.2) is 0 Å². The van der Waals surface area contributed by atoms with Gasteiger partial charge in [-0.15, -0.1) is 0 Å². The summed E-state index contributed by atoms with van der Waals surface area (Å²) in [4.78, 5) is 0. The van der Waals surface area contributed by atoms with E-state index < -0.39 is 0 Å². The van der Waals surface area contributed by atoms with Crippen molar-refractivity contribution in [3.05, 3.63) is 10.6 Å². The molecule has 0 atom stereocenters. The summed E-state index contributed by atoms with van der Waals surface area (Å²) in [5, 5.41) is 6.86. The molecule has 1 aromatic heterocycles. The fourth-order valence-corrected chi connectivity index (χ4v) is 1.65. The molecule has 1 aliphatic rings. The van der Waals surface area contributed by atoms with Gasteiger partial charge in [-0.05, 0) is 31.5 Å². The number of nitrogens with zero attached hydrogens (tertiary/aromatic N) is 2. The molecule has 1 N–H and O–H groups in total. The Morgan fingerprint density at radius 2 is 2.42 bits per heavy atom. The average molecular weight is 183 g/mol. The van der Waals surface area contributed by atoms with E-state index in [0.29, 0.717) is 0 Å². The van der Waals surface area contributed by atoms with Crippen LogP contribution < -0.4 is 0 Å². The SMILES string of the molecule is Cc1n[nH]c(=S)n1CCC1CC1. The van der Waals surface area contributed by atoms with Gasteiger partial charge in [-0.1, -0.05) is 12.8 Å². The van der Waals surface area contributed by atoms with E-state index in [-0.39, 0.29) is 0 Å². The summed E-state index contributed by atoms with van der Waals surface area (Å²) in [6, 6.07) is 0. The molecule has 1 fully saturated rings. The Bertz CT molecular complexity index is 321. The molecule has 0 unspecified atom stereocenters. The fraction of sp³-hybridized carbons (Fsp3) is 0.750. The normalized spacial score (nSPS) is 16.8. The highest BCUT2D eigenvalue weighted by Crippen LogP contribution is 2.32. The maximum atomic E-state index is 5.09. The van der Waals surface area contributed by atoms with Crippen LogP contribution in [0.15, 0.2) is 0 Å². The van der Waals surface area contributed by atoms with Crippen molar-refractivity contribution in [2.45, 2.75) is 32.7 Å². The lowest BCUT2D eigenvalue weighted by atomic mass is 10.3. The van der Waals surface area contributed by atoms with Crippen LogP contribution in [-0.4, -0.2) is 14.8 Å². The summed E-state index contributed by atoms with van der Waals surface area (Å²) < 4.78 is 2.83. The molecule has 0 aliphatic heterocycles. The van der Waals surface area contributed by atoms with Crippen molar-refractivity contribution in [3.8, 4) is 0 Å². The fourth-order valence-electron chi connectivity index (χ4n) is 1.38. The molecule has 0 aromatic carbocycles. The highest BCUT2D eigenvalue weighted by atomic mass is 32.1. The van der Waals surface area contributed by atoms with Crippen LogP contribution in [0.25, 0.3) is 0 Å². The van der Waals surface area contributed by atoms with Gasteiger partial charge in [0, 0.05) is 6.54 Å². The minimum absolute atomic E-state index is 0.758. The molecule has 12 heavy (non-hydrogen) atoms. The Kier molecular flexibility index (Phi) is 2.00. The first-order valence-electron chi connectivity index (χ1n) is 4.39. The first-order chi connectivity index (χ1) is 5.77. The standard InChI is InChI=1S/C8H13N3S/c1-6-9-10-8(12)11(6)5-4-7-2-3-7/h7H,2-5H2,1H3,(H,10,12). The molecule has 1 aliphatic carbocycles. The van der Waals surface area contributed by atoms with E-state index in [4.69, 9.17) is 12.2 Å². The molecule has 1 saturated carbocycles. The Balaban J connectivity index is 2.04. The largest absolute Gasteiger partial charge is 0.304 e. The van der Waals surface area contributed by atoms with Crippen LogP contribution in [0.4, 0.5) is 0 Å². The number of rotatable bonds is 3. The lowest BCUT2D eigenvalue weighted by Gasteiger charge is -2.01. The van der Waals surface area contributed by atoms with Gasteiger partial charge in [0.2, 0.25) is 0 Å². The van der Waals surface area contributed by atoms with Crippen LogP contribution in [0, 0.1) is 17.6 Å². The predicted octanol–water partition coefficient (Wildman–Crippen LogP) is 2.05. The molecule has 0 radical (unpaired) electrons. The van der Waals surface area contributed by atoms with Crippen molar-refractivity contribution < 1.29 is 0 Å². The van der Waals surface area contributed by atoms with Crippen molar-refractivity contribution >= 4 is 12.2 Å². The van der Waals surface area contributed by atoms with Crippen molar-refractivity contribution in [2.24, 2.45) is 5.92 Å². The smallest absolute Gasteiger partial charge is 0.195 e. The molecule has 0 spiro atoms. The molecular formula is C8H13N3S. The molecule has 1 heterocycles. The van der Waals surface area contributed by atoms with E-state index in [1.807, 2.05) is 6.92 Å². The molecule has 2 rings (SSSR count). The monoisotopic (exact) mass is 183 g/mol. The van der Waals surface area contributed by atoms with Gasteiger partial charge in [0.1, 0.15) is 5.82 Å². The Morgan fingerprint density at radius 1 is 1.67 bits per heavy atom. The molecule has 0 bridgehead atoms. The molecule has 4 heteroatoms. The lowest BCUT2D eigenvalue weighted by Crippen LogP contribution is -2.01. The van der Waals surface area contributed by atoms with E-state index in [9.17, 15) is 0 Å². The van der Waals surface area contributed by atoms with Crippen LogP contribution in [-0.2, 0) is 6.54 Å². The number of hydrogen-bond acceptors (Lipinski definition) is 2. The van der Waals surface area contributed by atoms with E-state index in [0.717, 1.165) is 23.1 Å². The molecule has 1 aromatic rings. The summed E-state index contributed by atoms with van der Waals surface area (Å²) >= 11 is 5.09. The summed E-state index contributed by atoms with van der Waals surface area (Å²) in [6.45, 7) is 3.02. The second-order valence-corrected chi connectivity index (χ2v) is 3.85. The quantitative estimate of drug-likeness (QED) is 0.728.